The van der Waals surface area contributed by atoms with Gasteiger partial charge in [0.15, 0.2) is 0 Å². The number of nitrogens with zero attached hydrogens (tertiary/aromatic N) is 3. The molecule has 0 bridgehead atoms. The molecule has 2 heterocycles. The van der Waals surface area contributed by atoms with E-state index in [9.17, 15) is 0 Å². The van der Waals surface area contributed by atoms with Gasteiger partial charge in [-0.05, 0) is 226 Å². The Bertz CT molecular complexity index is 3930. The topological polar surface area (TPSA) is 9.72 Å². The van der Waals surface area contributed by atoms with Crippen LogP contribution in [0.3, 0.4) is 0 Å². The van der Waals surface area contributed by atoms with E-state index < -0.39 is 0 Å². The van der Waals surface area contributed by atoms with Crippen molar-refractivity contribution in [3.8, 4) is 11.1 Å². The largest absolute Gasteiger partial charge is 0.311 e. The van der Waals surface area contributed by atoms with E-state index in [2.05, 4.69) is 299 Å². The normalized spacial score (nSPS) is 18.1. The summed E-state index contributed by atoms with van der Waals surface area (Å²) in [6, 6.07) is 58.8. The smallest absolute Gasteiger partial charge is 0.252 e. The molecule has 4 heteroatoms. The summed E-state index contributed by atoms with van der Waals surface area (Å²) in [5, 5.41) is 0. The van der Waals surface area contributed by atoms with E-state index in [-0.39, 0.29) is 50.0 Å². The van der Waals surface area contributed by atoms with Crippen molar-refractivity contribution in [3.63, 3.8) is 0 Å². The third-order valence-electron chi connectivity index (χ3n) is 20.8. The Balaban J connectivity index is 1.10. The molecule has 13 rings (SSSR count). The van der Waals surface area contributed by atoms with Gasteiger partial charge in [0.25, 0.3) is 6.71 Å². The van der Waals surface area contributed by atoms with E-state index in [0.717, 1.165) is 23.5 Å². The molecular weight excluding hydrogens is 1000 g/mol. The van der Waals surface area contributed by atoms with Crippen LogP contribution >= 0.6 is 0 Å². The summed E-state index contributed by atoms with van der Waals surface area (Å²) in [4.78, 5) is 7.87. The molecule has 0 N–H and O–H groups in total. The Labute approximate surface area is 499 Å². The average Bonchev–Trinajstić information content (AvgIpc) is 1.61. The summed E-state index contributed by atoms with van der Waals surface area (Å²) in [5.74, 6) is 0. The lowest BCUT2D eigenvalue weighted by atomic mass is 9.33. The first-order valence-corrected chi connectivity index (χ1v) is 31.2. The average molecular weight is 1090 g/mol. The van der Waals surface area contributed by atoms with Crippen LogP contribution in [-0.4, -0.2) is 6.71 Å². The van der Waals surface area contributed by atoms with Crippen LogP contribution in [0.25, 0.3) is 11.1 Å². The molecule has 5 aliphatic rings. The van der Waals surface area contributed by atoms with E-state index >= 15 is 0 Å². The lowest BCUT2D eigenvalue weighted by molar-refractivity contribution is 0.332. The fourth-order valence-corrected chi connectivity index (χ4v) is 16.0. The molecule has 0 saturated carbocycles. The van der Waals surface area contributed by atoms with Crippen molar-refractivity contribution in [2.45, 2.75) is 201 Å². The second-order valence-corrected chi connectivity index (χ2v) is 32.3. The highest BCUT2D eigenvalue weighted by Gasteiger charge is 2.49. The van der Waals surface area contributed by atoms with Crippen molar-refractivity contribution < 1.29 is 0 Å². The zero-order chi connectivity index (χ0) is 59.3. The SMILES string of the molecule is Cc1cc2c3c(c1)N(c1ccc4c(c1)C(C)(C)CCC4(C)C)c1cc4c(cc1B3c1ccc(N(c3ccc(C(C)(C)C)cc3)c3ccc(C(C)(C)C)cc3)cc1N2c1ccc2c(c1)C(C)(C)c1cc(C(C)(C)C)ccc1-2)C(C)(C)CC4(C)C. The maximum Gasteiger partial charge on any atom is 0.252 e. The van der Waals surface area contributed by atoms with Crippen LogP contribution in [0.15, 0.2) is 146 Å². The molecule has 0 radical (unpaired) electrons. The van der Waals surface area contributed by atoms with Gasteiger partial charge in [0.2, 0.25) is 0 Å². The first-order chi connectivity index (χ1) is 38.7. The summed E-state index contributed by atoms with van der Waals surface area (Å²) >= 11 is 0. The molecule has 0 fully saturated rings. The van der Waals surface area contributed by atoms with Crippen molar-refractivity contribution in [1.29, 1.82) is 0 Å². The molecular formula is C79H90BN3. The summed E-state index contributed by atoms with van der Waals surface area (Å²) in [5.41, 5.74) is 31.8. The van der Waals surface area contributed by atoms with Gasteiger partial charge in [-0.2, -0.15) is 0 Å². The van der Waals surface area contributed by atoms with E-state index in [1.165, 1.54) is 130 Å². The number of aryl methyl sites for hydroxylation is 1. The lowest BCUT2D eigenvalue weighted by Gasteiger charge is -2.46. The van der Waals surface area contributed by atoms with Crippen LogP contribution in [0, 0.1) is 6.92 Å². The Morgan fingerprint density at radius 2 is 0.807 bits per heavy atom. The summed E-state index contributed by atoms with van der Waals surface area (Å²) in [6.07, 6.45) is 3.46. The number of anilines is 9. The molecule has 3 nitrogen and oxygen atoms in total. The molecule has 0 unspecified atom stereocenters. The van der Waals surface area contributed by atoms with Crippen molar-refractivity contribution >= 4 is 74.3 Å². The van der Waals surface area contributed by atoms with Crippen LogP contribution in [-0.2, 0) is 43.3 Å². The van der Waals surface area contributed by atoms with Crippen molar-refractivity contribution in [2.75, 3.05) is 14.7 Å². The van der Waals surface area contributed by atoms with E-state index in [0.29, 0.717) is 0 Å². The minimum absolute atomic E-state index is 0.0118. The van der Waals surface area contributed by atoms with Gasteiger partial charge in [0.1, 0.15) is 0 Å². The first-order valence-electron chi connectivity index (χ1n) is 31.2. The summed E-state index contributed by atoms with van der Waals surface area (Å²) < 4.78 is 0. The van der Waals surface area contributed by atoms with Gasteiger partial charge in [-0.3, -0.25) is 0 Å². The Morgan fingerprint density at radius 1 is 0.373 bits per heavy atom. The van der Waals surface area contributed by atoms with Crippen LogP contribution in [0.5, 0.6) is 0 Å². The van der Waals surface area contributed by atoms with Gasteiger partial charge >= 0.3 is 0 Å². The second kappa shape index (κ2) is 17.9. The van der Waals surface area contributed by atoms with Crippen molar-refractivity contribution in [3.05, 3.63) is 201 Å². The highest BCUT2D eigenvalue weighted by atomic mass is 15.2. The molecule has 0 saturated heterocycles. The third kappa shape index (κ3) is 8.63. The van der Waals surface area contributed by atoms with Gasteiger partial charge in [-0.1, -0.05) is 198 Å². The molecule has 8 aromatic carbocycles. The van der Waals surface area contributed by atoms with Crippen LogP contribution in [0.1, 0.15) is 206 Å². The molecule has 2 aliphatic heterocycles. The number of fused-ring (bicyclic) bond motifs is 9. The predicted molar refractivity (Wildman–Crippen MR) is 360 cm³/mol. The maximum absolute atomic E-state index is 2.70. The second-order valence-electron chi connectivity index (χ2n) is 32.3. The number of rotatable bonds is 5. The van der Waals surface area contributed by atoms with Gasteiger partial charge in [-0.25, -0.2) is 0 Å². The summed E-state index contributed by atoms with van der Waals surface area (Å²) in [6.45, 7) is 47.9. The predicted octanol–water partition coefficient (Wildman–Crippen LogP) is 20.1. The molecule has 83 heavy (non-hydrogen) atoms. The van der Waals surface area contributed by atoms with Crippen LogP contribution in [0.4, 0.5) is 51.2 Å². The molecule has 424 valence electrons. The Hall–Kier alpha value is -6.78. The molecule has 3 aliphatic carbocycles. The lowest BCUT2D eigenvalue weighted by Crippen LogP contribution is -2.61. The molecule has 0 spiro atoms. The van der Waals surface area contributed by atoms with E-state index in [1.807, 2.05) is 0 Å². The van der Waals surface area contributed by atoms with Gasteiger partial charge in [-0.15, -0.1) is 0 Å². The van der Waals surface area contributed by atoms with Crippen molar-refractivity contribution in [1.82, 2.24) is 0 Å². The van der Waals surface area contributed by atoms with E-state index in [4.69, 9.17) is 0 Å². The van der Waals surface area contributed by atoms with E-state index in [1.54, 1.807) is 0 Å². The number of hydrogen-bond donors (Lipinski definition) is 0. The first kappa shape index (κ1) is 55.4. The number of hydrogen-bond acceptors (Lipinski definition) is 3. The Morgan fingerprint density at radius 3 is 1.35 bits per heavy atom. The van der Waals surface area contributed by atoms with Gasteiger partial charge in [0.05, 0.1) is 0 Å². The molecule has 0 atom stereocenters. The van der Waals surface area contributed by atoms with Crippen molar-refractivity contribution in [2.24, 2.45) is 0 Å². The standard InChI is InChI=1S/C79H90BN3/c1-48-39-69-71-70(40-48)83(55-31-35-59-62(43-55)76(13,14)38-37-75(59,11)12)68-46-64-63(77(15,16)47-78(64,17)18)45-66(68)80(71)65-36-32-56(81(52-26-21-49(22-27-52)72(2,3)4)53-28-23-50(24-29-53)73(5,6)7)44-67(65)82(69)54-30-34-58-57-33-25-51(74(8,9)10)41-60(57)79(19,20)61(58)42-54/h21-36,39-46H,37-38,47H2,1-20H3. The minimum Gasteiger partial charge on any atom is -0.311 e. The maximum atomic E-state index is 2.70. The molecule has 0 amide bonds. The summed E-state index contributed by atoms with van der Waals surface area (Å²) in [7, 11) is 0. The minimum atomic E-state index is -0.211. The monoisotopic (exact) mass is 1090 g/mol. The number of benzene rings is 8. The third-order valence-corrected chi connectivity index (χ3v) is 20.8. The quantitative estimate of drug-likeness (QED) is 0.159. The molecule has 0 aromatic heterocycles. The zero-order valence-electron chi connectivity index (χ0n) is 53.9. The van der Waals surface area contributed by atoms with Crippen LogP contribution in [0.2, 0.25) is 0 Å². The van der Waals surface area contributed by atoms with Gasteiger partial charge < -0.3 is 14.7 Å². The zero-order valence-corrected chi connectivity index (χ0v) is 53.9. The highest BCUT2D eigenvalue weighted by molar-refractivity contribution is 7.00. The molecule has 8 aromatic rings. The Kier molecular flexibility index (Phi) is 11.9. The highest BCUT2D eigenvalue weighted by Crippen LogP contribution is 2.56. The fraction of sp³-hybridized carbons (Fsp3) is 0.392. The van der Waals surface area contributed by atoms with Crippen LogP contribution < -0.4 is 31.1 Å². The van der Waals surface area contributed by atoms with Gasteiger partial charge in [0, 0.05) is 56.6 Å². The fourth-order valence-electron chi connectivity index (χ4n) is 16.0.